The Morgan fingerprint density at radius 1 is 0.800 bits per heavy atom. The first-order chi connectivity index (χ1) is 14.8. The van der Waals surface area contributed by atoms with Gasteiger partial charge in [-0.25, -0.2) is 0 Å². The van der Waals surface area contributed by atoms with E-state index in [-0.39, 0.29) is 0 Å². The number of benzene rings is 2. The van der Waals surface area contributed by atoms with E-state index in [1.54, 1.807) is 5.56 Å². The van der Waals surface area contributed by atoms with E-state index >= 15 is 0 Å². The molecule has 0 saturated heterocycles. The van der Waals surface area contributed by atoms with Crippen LogP contribution in [0.4, 0.5) is 0 Å². The van der Waals surface area contributed by atoms with Gasteiger partial charge in [0.05, 0.1) is 13.2 Å². The first-order valence-electron chi connectivity index (χ1n) is 11.8. The van der Waals surface area contributed by atoms with Gasteiger partial charge in [0.1, 0.15) is 0 Å². The Balaban J connectivity index is 1.50. The molecule has 30 heavy (non-hydrogen) atoms. The highest BCUT2D eigenvalue weighted by molar-refractivity contribution is 5.30. The summed E-state index contributed by atoms with van der Waals surface area (Å²) in [6.45, 7) is 5.53. The van der Waals surface area contributed by atoms with E-state index in [1.165, 1.54) is 48.8 Å². The molecule has 1 saturated carbocycles. The van der Waals surface area contributed by atoms with Gasteiger partial charge in [-0.1, -0.05) is 72.8 Å². The molecule has 0 bridgehead atoms. The lowest BCUT2D eigenvalue weighted by atomic mass is 9.77. The molecule has 1 nitrogen and oxygen atoms in total. The molecule has 2 aromatic carbocycles. The van der Waals surface area contributed by atoms with Gasteiger partial charge in [-0.3, -0.25) is 0 Å². The molecule has 1 fully saturated rings. The Morgan fingerprint density at radius 3 is 2.20 bits per heavy atom. The van der Waals surface area contributed by atoms with E-state index in [2.05, 4.69) is 73.7 Å². The highest BCUT2D eigenvalue weighted by Gasteiger charge is 2.21. The summed E-state index contributed by atoms with van der Waals surface area (Å²) in [6, 6.07) is 18.2. The van der Waals surface area contributed by atoms with Crippen molar-refractivity contribution in [3.63, 3.8) is 0 Å². The summed E-state index contributed by atoms with van der Waals surface area (Å²) in [5.74, 6) is 1.66. The highest BCUT2D eigenvalue weighted by atomic mass is 16.5. The number of allylic oxidation sites excluding steroid dienone is 3. The lowest BCUT2D eigenvalue weighted by Crippen LogP contribution is -2.12. The number of rotatable bonds is 10. The van der Waals surface area contributed by atoms with E-state index in [0.717, 1.165) is 24.7 Å². The normalized spacial score (nSPS) is 19.7. The van der Waals surface area contributed by atoms with Crippen LogP contribution in [0.25, 0.3) is 0 Å². The van der Waals surface area contributed by atoms with Crippen molar-refractivity contribution in [1.82, 2.24) is 0 Å². The van der Waals surface area contributed by atoms with Crippen molar-refractivity contribution in [3.05, 3.63) is 95.1 Å². The molecule has 1 aliphatic rings. The molecule has 0 heterocycles. The molecule has 1 aliphatic carbocycles. The average molecular weight is 403 g/mol. The second-order valence-electron chi connectivity index (χ2n) is 8.62. The van der Waals surface area contributed by atoms with Crippen molar-refractivity contribution in [2.45, 2.75) is 71.3 Å². The molecule has 0 spiro atoms. The molecule has 1 heteroatoms. The Labute approximate surface area is 183 Å². The van der Waals surface area contributed by atoms with Gasteiger partial charge in [0.15, 0.2) is 0 Å². The van der Waals surface area contributed by atoms with E-state index in [0.29, 0.717) is 13.2 Å². The van der Waals surface area contributed by atoms with Crippen LogP contribution in [0.1, 0.15) is 74.1 Å². The summed E-state index contributed by atoms with van der Waals surface area (Å²) in [4.78, 5) is 0. The van der Waals surface area contributed by atoms with Crippen LogP contribution in [0.5, 0.6) is 0 Å². The summed E-state index contributed by atoms with van der Waals surface area (Å²) in [5, 5.41) is 0. The molecule has 3 rings (SSSR count). The Bertz CT molecular complexity index is 791. The SMILES string of the molecule is CC=CCOCc1ccccc1CCc1ccc(C2CCC(CC=CC)CC2)cc1. The monoisotopic (exact) mass is 402 g/mol. The van der Waals surface area contributed by atoms with Crippen LogP contribution in [0.15, 0.2) is 72.8 Å². The molecule has 0 unspecified atom stereocenters. The van der Waals surface area contributed by atoms with Crippen LogP contribution in [0.3, 0.4) is 0 Å². The van der Waals surface area contributed by atoms with Gasteiger partial charge in [0.2, 0.25) is 0 Å². The van der Waals surface area contributed by atoms with Crippen molar-refractivity contribution in [2.24, 2.45) is 5.92 Å². The lowest BCUT2D eigenvalue weighted by molar-refractivity contribution is 0.148. The summed E-state index contributed by atoms with van der Waals surface area (Å²) in [7, 11) is 0. The van der Waals surface area contributed by atoms with Crippen LogP contribution in [-0.4, -0.2) is 6.61 Å². The van der Waals surface area contributed by atoms with Crippen molar-refractivity contribution in [2.75, 3.05) is 6.61 Å². The van der Waals surface area contributed by atoms with E-state index in [1.807, 2.05) is 13.0 Å². The summed E-state index contributed by atoms with van der Waals surface area (Å²) >= 11 is 0. The molecular formula is C29H38O. The van der Waals surface area contributed by atoms with Crippen LogP contribution >= 0.6 is 0 Å². The quantitative estimate of drug-likeness (QED) is 0.291. The predicted molar refractivity (Wildman–Crippen MR) is 129 cm³/mol. The third-order valence-corrected chi connectivity index (χ3v) is 6.51. The van der Waals surface area contributed by atoms with Crippen molar-refractivity contribution in [1.29, 1.82) is 0 Å². The van der Waals surface area contributed by atoms with E-state index in [4.69, 9.17) is 4.74 Å². The predicted octanol–water partition coefficient (Wildman–Crippen LogP) is 7.80. The van der Waals surface area contributed by atoms with E-state index < -0.39 is 0 Å². The summed E-state index contributed by atoms with van der Waals surface area (Å²) in [6.07, 6.45) is 17.5. The maximum absolute atomic E-state index is 5.77. The van der Waals surface area contributed by atoms with Crippen molar-refractivity contribution < 1.29 is 4.74 Å². The van der Waals surface area contributed by atoms with Gasteiger partial charge in [-0.15, -0.1) is 0 Å². The number of hydrogen-bond donors (Lipinski definition) is 0. The second-order valence-corrected chi connectivity index (χ2v) is 8.62. The molecule has 0 aromatic heterocycles. The number of hydrogen-bond acceptors (Lipinski definition) is 1. The smallest absolute Gasteiger partial charge is 0.0723 e. The Morgan fingerprint density at radius 2 is 1.50 bits per heavy atom. The lowest BCUT2D eigenvalue weighted by Gasteiger charge is -2.28. The number of aryl methyl sites for hydroxylation is 2. The molecule has 0 amide bonds. The van der Waals surface area contributed by atoms with E-state index in [9.17, 15) is 0 Å². The minimum Gasteiger partial charge on any atom is -0.373 e. The van der Waals surface area contributed by atoms with Gasteiger partial charge in [0.25, 0.3) is 0 Å². The van der Waals surface area contributed by atoms with Crippen LogP contribution in [0, 0.1) is 5.92 Å². The molecule has 0 atom stereocenters. The van der Waals surface area contributed by atoms with Crippen molar-refractivity contribution >= 4 is 0 Å². The summed E-state index contributed by atoms with van der Waals surface area (Å²) in [5.41, 5.74) is 5.70. The molecule has 160 valence electrons. The maximum atomic E-state index is 5.77. The zero-order valence-electron chi connectivity index (χ0n) is 18.9. The fourth-order valence-electron chi connectivity index (χ4n) is 4.57. The van der Waals surface area contributed by atoms with Crippen LogP contribution < -0.4 is 0 Å². The van der Waals surface area contributed by atoms with Gasteiger partial charge in [-0.2, -0.15) is 0 Å². The molecule has 2 aromatic rings. The molecule has 0 aliphatic heterocycles. The molecule has 0 radical (unpaired) electrons. The fourth-order valence-corrected chi connectivity index (χ4v) is 4.57. The minimum atomic E-state index is 0.684. The van der Waals surface area contributed by atoms with Gasteiger partial charge in [-0.05, 0) is 92.9 Å². The van der Waals surface area contributed by atoms with Gasteiger partial charge < -0.3 is 4.74 Å². The minimum absolute atomic E-state index is 0.684. The largest absolute Gasteiger partial charge is 0.373 e. The standard InChI is InChI=1S/C29H38O/c1-3-5-9-24-12-18-27(19-13-24)28-20-15-25(16-21-28)14-17-26-10-7-8-11-29(26)23-30-22-6-4-2/h3-8,10-11,15-16,20-21,24,27H,9,12-14,17-19,22-23H2,1-2H3. The topological polar surface area (TPSA) is 9.23 Å². The number of ether oxygens (including phenoxy) is 1. The molecular weight excluding hydrogens is 364 g/mol. The highest BCUT2D eigenvalue weighted by Crippen LogP contribution is 2.37. The van der Waals surface area contributed by atoms with Gasteiger partial charge in [0, 0.05) is 0 Å². The Kier molecular flexibility index (Phi) is 9.44. The average Bonchev–Trinajstić information content (AvgIpc) is 2.80. The second kappa shape index (κ2) is 12.5. The maximum Gasteiger partial charge on any atom is 0.0723 e. The van der Waals surface area contributed by atoms with Crippen molar-refractivity contribution in [3.8, 4) is 0 Å². The zero-order chi connectivity index (χ0) is 21.0. The zero-order valence-corrected chi connectivity index (χ0v) is 18.9. The first-order valence-corrected chi connectivity index (χ1v) is 11.8. The molecule has 0 N–H and O–H groups in total. The summed E-state index contributed by atoms with van der Waals surface area (Å²) < 4.78 is 5.77. The Hall–Kier alpha value is -2.12. The van der Waals surface area contributed by atoms with Gasteiger partial charge >= 0.3 is 0 Å². The fraction of sp³-hybridized carbons (Fsp3) is 0.448. The first kappa shape index (κ1) is 22.6. The third-order valence-electron chi connectivity index (χ3n) is 6.51. The third kappa shape index (κ3) is 6.99. The van der Waals surface area contributed by atoms with Crippen LogP contribution in [-0.2, 0) is 24.2 Å². The van der Waals surface area contributed by atoms with Crippen LogP contribution in [0.2, 0.25) is 0 Å².